The minimum atomic E-state index is -4.38. The molecule has 1 atom stereocenters. The van der Waals surface area contributed by atoms with Gasteiger partial charge in [-0.3, -0.25) is 4.79 Å². The molecule has 1 heterocycles. The summed E-state index contributed by atoms with van der Waals surface area (Å²) in [5, 5.41) is 9.19. The number of thioether (sulfide) groups is 1. The average Bonchev–Trinajstić information content (AvgIpc) is 2.77. The van der Waals surface area contributed by atoms with Gasteiger partial charge in [-0.15, -0.1) is 0 Å². The van der Waals surface area contributed by atoms with Crippen LogP contribution in [0.2, 0.25) is 0 Å². The fourth-order valence-electron chi connectivity index (χ4n) is 1.86. The van der Waals surface area contributed by atoms with Gasteiger partial charge in [-0.25, -0.2) is 17.2 Å². The van der Waals surface area contributed by atoms with Crippen LogP contribution in [0.25, 0.3) is 0 Å². The third-order valence-electron chi connectivity index (χ3n) is 2.94. The standard InChI is InChI=1S/C11H11F2NO4S2/c12-7-1-2-9(8(13)5-7)20(17,18)14-11(10(15)16)3-4-19-6-11/h1-2,5,14H,3-4,6H2,(H,15,16). The minimum Gasteiger partial charge on any atom is -0.480 e. The van der Waals surface area contributed by atoms with Crippen molar-refractivity contribution in [2.75, 3.05) is 11.5 Å². The Balaban J connectivity index is 2.38. The first-order valence-electron chi connectivity index (χ1n) is 5.57. The van der Waals surface area contributed by atoms with E-state index < -0.39 is 38.1 Å². The summed E-state index contributed by atoms with van der Waals surface area (Å²) < 4.78 is 52.5. The molecule has 2 N–H and O–H groups in total. The highest BCUT2D eigenvalue weighted by Crippen LogP contribution is 2.30. The van der Waals surface area contributed by atoms with Gasteiger partial charge in [0.2, 0.25) is 10.0 Å². The number of hydrogen-bond acceptors (Lipinski definition) is 4. The second-order valence-electron chi connectivity index (χ2n) is 4.37. The predicted octanol–water partition coefficient (Wildman–Crippen LogP) is 1.20. The summed E-state index contributed by atoms with van der Waals surface area (Å²) in [4.78, 5) is 10.5. The summed E-state index contributed by atoms with van der Waals surface area (Å²) in [5.74, 6) is -2.94. The van der Waals surface area contributed by atoms with Crippen molar-refractivity contribution in [3.63, 3.8) is 0 Å². The molecule has 0 aromatic heterocycles. The number of hydrogen-bond donors (Lipinski definition) is 2. The van der Waals surface area contributed by atoms with Crippen molar-refractivity contribution in [2.45, 2.75) is 16.9 Å². The summed E-state index contributed by atoms with van der Waals surface area (Å²) in [5.41, 5.74) is -1.65. The molecule has 1 fully saturated rings. The predicted molar refractivity (Wildman–Crippen MR) is 69.0 cm³/mol. The van der Waals surface area contributed by atoms with Crippen molar-refractivity contribution < 1.29 is 27.1 Å². The SMILES string of the molecule is O=C(O)C1(NS(=O)(=O)c2ccc(F)cc2F)CCSC1. The number of carboxylic acids is 1. The molecule has 1 aromatic carbocycles. The largest absolute Gasteiger partial charge is 0.480 e. The highest BCUT2D eigenvalue weighted by atomic mass is 32.2. The van der Waals surface area contributed by atoms with Crippen molar-refractivity contribution in [1.29, 1.82) is 0 Å². The first-order valence-corrected chi connectivity index (χ1v) is 8.21. The highest BCUT2D eigenvalue weighted by molar-refractivity contribution is 7.99. The molecule has 1 unspecified atom stereocenters. The van der Waals surface area contributed by atoms with Crippen LogP contribution in [0.3, 0.4) is 0 Å². The van der Waals surface area contributed by atoms with Crippen molar-refractivity contribution in [1.82, 2.24) is 4.72 Å². The Hall–Kier alpha value is -1.19. The Morgan fingerprint density at radius 1 is 1.40 bits per heavy atom. The van der Waals surface area contributed by atoms with Gasteiger partial charge in [-0.05, 0) is 24.3 Å². The van der Waals surface area contributed by atoms with Gasteiger partial charge in [0.1, 0.15) is 22.1 Å². The zero-order valence-electron chi connectivity index (χ0n) is 10.1. The topological polar surface area (TPSA) is 83.5 Å². The third kappa shape index (κ3) is 2.79. The molecule has 0 aliphatic carbocycles. The number of rotatable bonds is 4. The summed E-state index contributed by atoms with van der Waals surface area (Å²) in [6, 6.07) is 2.00. The van der Waals surface area contributed by atoms with E-state index in [9.17, 15) is 27.1 Å². The maximum Gasteiger partial charge on any atom is 0.325 e. The lowest BCUT2D eigenvalue weighted by Crippen LogP contribution is -2.54. The lowest BCUT2D eigenvalue weighted by Gasteiger charge is -2.24. The monoisotopic (exact) mass is 323 g/mol. The van der Waals surface area contributed by atoms with Gasteiger partial charge < -0.3 is 5.11 Å². The molecule has 5 nitrogen and oxygen atoms in total. The Morgan fingerprint density at radius 2 is 2.10 bits per heavy atom. The third-order valence-corrected chi connectivity index (χ3v) is 5.70. The van der Waals surface area contributed by atoms with Crippen LogP contribution >= 0.6 is 11.8 Å². The quantitative estimate of drug-likeness (QED) is 0.870. The van der Waals surface area contributed by atoms with Crippen LogP contribution in [0, 0.1) is 11.6 Å². The molecule has 20 heavy (non-hydrogen) atoms. The number of halogens is 2. The molecule has 2 rings (SSSR count). The number of nitrogens with one attached hydrogen (secondary N) is 1. The molecular weight excluding hydrogens is 312 g/mol. The van der Waals surface area contributed by atoms with Crippen molar-refractivity contribution in [3.8, 4) is 0 Å². The van der Waals surface area contributed by atoms with Crippen LogP contribution in [-0.2, 0) is 14.8 Å². The summed E-state index contributed by atoms with van der Waals surface area (Å²) >= 11 is 1.29. The summed E-state index contributed by atoms with van der Waals surface area (Å²) in [7, 11) is -4.38. The van der Waals surface area contributed by atoms with E-state index in [1.165, 1.54) is 11.8 Å². The van der Waals surface area contributed by atoms with Gasteiger partial charge >= 0.3 is 5.97 Å². The van der Waals surface area contributed by atoms with Crippen LogP contribution in [0.5, 0.6) is 0 Å². The summed E-state index contributed by atoms with van der Waals surface area (Å²) in [6.45, 7) is 0. The zero-order chi connectivity index (χ0) is 15.0. The molecule has 1 saturated heterocycles. The van der Waals surface area contributed by atoms with Crippen LogP contribution < -0.4 is 4.72 Å². The van der Waals surface area contributed by atoms with Gasteiger partial charge in [0, 0.05) is 11.8 Å². The Kier molecular flexibility index (Phi) is 4.03. The van der Waals surface area contributed by atoms with E-state index in [2.05, 4.69) is 0 Å². The summed E-state index contributed by atoms with van der Waals surface area (Å²) in [6.07, 6.45) is 0.106. The molecule has 1 aliphatic rings. The van der Waals surface area contributed by atoms with Gasteiger partial charge in [0.25, 0.3) is 0 Å². The average molecular weight is 323 g/mol. The van der Waals surface area contributed by atoms with Crippen LogP contribution in [-0.4, -0.2) is 36.5 Å². The number of carboxylic acid groups (broad SMARTS) is 1. The molecule has 0 spiro atoms. The van der Waals surface area contributed by atoms with E-state index in [4.69, 9.17) is 0 Å². The van der Waals surface area contributed by atoms with Crippen molar-refractivity contribution in [2.24, 2.45) is 0 Å². The first-order chi connectivity index (χ1) is 9.27. The maximum absolute atomic E-state index is 13.5. The van der Waals surface area contributed by atoms with E-state index in [1.54, 1.807) is 0 Å². The first kappa shape index (κ1) is 15.2. The lowest BCUT2D eigenvalue weighted by molar-refractivity contribution is -0.142. The second kappa shape index (κ2) is 5.30. The molecule has 0 saturated carbocycles. The second-order valence-corrected chi connectivity index (χ2v) is 7.13. The Labute approximate surface area is 118 Å². The van der Waals surface area contributed by atoms with Crippen LogP contribution in [0.15, 0.2) is 23.1 Å². The van der Waals surface area contributed by atoms with Gasteiger partial charge in [0.15, 0.2) is 0 Å². The van der Waals surface area contributed by atoms with Crippen molar-refractivity contribution in [3.05, 3.63) is 29.8 Å². The molecule has 1 aromatic rings. The fraction of sp³-hybridized carbons (Fsp3) is 0.364. The van der Waals surface area contributed by atoms with E-state index in [0.29, 0.717) is 11.8 Å². The van der Waals surface area contributed by atoms with Crippen molar-refractivity contribution >= 4 is 27.8 Å². The van der Waals surface area contributed by atoms with E-state index >= 15 is 0 Å². The van der Waals surface area contributed by atoms with Gasteiger partial charge in [-0.1, -0.05) is 0 Å². The van der Waals surface area contributed by atoms with Gasteiger partial charge in [0.05, 0.1) is 0 Å². The molecule has 1 aliphatic heterocycles. The minimum absolute atomic E-state index is 0.0599. The number of sulfonamides is 1. The lowest BCUT2D eigenvalue weighted by atomic mass is 10.0. The van der Waals surface area contributed by atoms with E-state index in [1.807, 2.05) is 4.72 Å². The molecule has 9 heteroatoms. The van der Waals surface area contributed by atoms with E-state index in [-0.39, 0.29) is 12.2 Å². The van der Waals surface area contributed by atoms with Crippen LogP contribution in [0.1, 0.15) is 6.42 Å². The van der Waals surface area contributed by atoms with Gasteiger partial charge in [-0.2, -0.15) is 16.5 Å². The zero-order valence-corrected chi connectivity index (χ0v) is 11.7. The smallest absolute Gasteiger partial charge is 0.325 e. The molecule has 110 valence electrons. The number of aliphatic carboxylic acids is 1. The fourth-order valence-corrected chi connectivity index (χ4v) is 4.73. The molecular formula is C11H11F2NO4S2. The maximum atomic E-state index is 13.5. The Bertz CT molecular complexity index is 642. The highest BCUT2D eigenvalue weighted by Gasteiger charge is 2.45. The number of carbonyl (C=O) groups is 1. The molecule has 0 bridgehead atoms. The normalized spacial score (nSPS) is 22.9. The molecule has 0 radical (unpaired) electrons. The number of benzene rings is 1. The molecule has 0 amide bonds. The van der Waals surface area contributed by atoms with E-state index in [0.717, 1.165) is 12.1 Å². The van der Waals surface area contributed by atoms with Crippen LogP contribution in [0.4, 0.5) is 8.78 Å². The Morgan fingerprint density at radius 3 is 2.60 bits per heavy atom.